The first-order valence-electron chi connectivity index (χ1n) is 10.4. The van der Waals surface area contributed by atoms with Crippen molar-refractivity contribution in [2.45, 2.75) is 58.5 Å². The van der Waals surface area contributed by atoms with Gasteiger partial charge in [0.2, 0.25) is 0 Å². The van der Waals surface area contributed by atoms with Crippen LogP contribution in [0.1, 0.15) is 46.5 Å². The summed E-state index contributed by atoms with van der Waals surface area (Å²) < 4.78 is 6.31. The van der Waals surface area contributed by atoms with E-state index in [2.05, 4.69) is 63.4 Å². The Bertz CT molecular complexity index is 561. The average Bonchev–Trinajstić information content (AvgIpc) is 2.69. The normalized spacial score (nSPS) is 22.3. The van der Waals surface area contributed by atoms with Gasteiger partial charge >= 0.3 is 0 Å². The van der Waals surface area contributed by atoms with Crippen LogP contribution in [0, 0.1) is 0 Å². The fourth-order valence-electron chi connectivity index (χ4n) is 3.74. The number of pyridine rings is 1. The van der Waals surface area contributed by atoms with E-state index in [1.165, 1.54) is 38.8 Å². The summed E-state index contributed by atoms with van der Waals surface area (Å²) in [7, 11) is 3.93. The molecule has 3 heterocycles. The number of unbranched alkanes of at least 4 members (excludes halogenated alkanes) is 1. The number of halogens is 1. The smallest absolute Gasteiger partial charge is 0.138 e. The van der Waals surface area contributed by atoms with Crippen molar-refractivity contribution < 1.29 is 4.74 Å². The summed E-state index contributed by atoms with van der Waals surface area (Å²) in [5.74, 6) is 1.86. The topological polar surface area (TPSA) is 31.8 Å². The Morgan fingerprint density at radius 2 is 1.81 bits per heavy atom. The van der Waals surface area contributed by atoms with Crippen molar-refractivity contribution >= 4 is 21.7 Å². The average molecular weight is 441 g/mol. The molecule has 0 bridgehead atoms. The predicted molar refractivity (Wildman–Crippen MR) is 118 cm³/mol. The van der Waals surface area contributed by atoms with Gasteiger partial charge in [0.1, 0.15) is 11.6 Å². The molecule has 27 heavy (non-hydrogen) atoms. The Morgan fingerprint density at radius 1 is 1.15 bits per heavy atom. The van der Waals surface area contributed by atoms with Crippen LogP contribution >= 0.6 is 15.9 Å². The highest BCUT2D eigenvalue weighted by atomic mass is 79.9. The third kappa shape index (κ3) is 6.33. The van der Waals surface area contributed by atoms with Gasteiger partial charge in [-0.1, -0.05) is 26.7 Å². The first kappa shape index (κ1) is 22.4. The molecule has 2 aliphatic heterocycles. The number of aromatic nitrogens is 1. The number of piperidine rings is 1. The van der Waals surface area contributed by atoms with Crippen LogP contribution in [0.15, 0.2) is 16.7 Å². The number of rotatable bonds is 4. The van der Waals surface area contributed by atoms with E-state index < -0.39 is 0 Å². The third-order valence-electron chi connectivity index (χ3n) is 5.68. The minimum Gasteiger partial charge on any atom is -0.495 e. The van der Waals surface area contributed by atoms with E-state index in [-0.39, 0.29) is 0 Å². The van der Waals surface area contributed by atoms with Crippen molar-refractivity contribution in [3.05, 3.63) is 16.7 Å². The maximum absolute atomic E-state index is 5.41. The number of likely N-dealkylation sites (tertiary alicyclic amines) is 1. The van der Waals surface area contributed by atoms with Gasteiger partial charge in [0.25, 0.3) is 0 Å². The van der Waals surface area contributed by atoms with Crippen molar-refractivity contribution in [1.29, 1.82) is 0 Å². The zero-order valence-electron chi connectivity index (χ0n) is 17.7. The fraction of sp³-hybridized carbons (Fsp3) is 0.762. The molecule has 154 valence electrons. The van der Waals surface area contributed by atoms with E-state index in [0.717, 1.165) is 41.7 Å². The molecule has 1 aromatic rings. The van der Waals surface area contributed by atoms with Crippen LogP contribution in [0.5, 0.6) is 5.75 Å². The number of piperazine rings is 1. The molecular formula is C21H37BrN4O. The van der Waals surface area contributed by atoms with Crippen LogP contribution in [0.25, 0.3) is 0 Å². The Balaban J connectivity index is 0.000000596. The zero-order valence-corrected chi connectivity index (χ0v) is 19.3. The largest absolute Gasteiger partial charge is 0.495 e. The quantitative estimate of drug-likeness (QED) is 0.697. The van der Waals surface area contributed by atoms with Crippen LogP contribution in [0.4, 0.5) is 5.82 Å². The molecule has 0 spiro atoms. The molecular weight excluding hydrogens is 404 g/mol. The molecule has 1 atom stereocenters. The van der Waals surface area contributed by atoms with Crippen LogP contribution in [-0.4, -0.2) is 73.7 Å². The highest BCUT2D eigenvalue weighted by Gasteiger charge is 2.30. The Morgan fingerprint density at radius 3 is 2.37 bits per heavy atom. The van der Waals surface area contributed by atoms with Gasteiger partial charge in [-0.3, -0.25) is 4.90 Å². The molecule has 2 fully saturated rings. The van der Waals surface area contributed by atoms with Crippen LogP contribution in [0.3, 0.4) is 0 Å². The van der Waals surface area contributed by atoms with Gasteiger partial charge in [-0.2, -0.15) is 0 Å². The fourth-order valence-corrected chi connectivity index (χ4v) is 4.12. The zero-order chi connectivity index (χ0) is 19.8. The minimum absolute atomic E-state index is 0.474. The van der Waals surface area contributed by atoms with Crippen molar-refractivity contribution in [3.8, 4) is 5.75 Å². The molecule has 0 saturated carbocycles. The molecule has 3 rings (SSSR count). The van der Waals surface area contributed by atoms with Gasteiger partial charge in [0, 0.05) is 44.0 Å². The second-order valence-electron chi connectivity index (χ2n) is 7.75. The number of methoxy groups -OCH3 is 1. The summed E-state index contributed by atoms with van der Waals surface area (Å²) in [5, 5.41) is 0. The molecule has 0 aromatic carbocycles. The summed E-state index contributed by atoms with van der Waals surface area (Å²) in [4.78, 5) is 12.1. The molecule has 2 saturated heterocycles. The minimum atomic E-state index is 0.474. The number of hydrogen-bond donors (Lipinski definition) is 0. The standard InChI is InChI=1S/C17H27BrN4O.C4H10/c1-13-12-21(14-4-6-20(2)7-5-14)8-9-22(13)17-10-16(23-3)15(18)11-19-17;1-3-4-2/h10-11,13-14H,4-9,12H2,1-3H3;3-4H2,1-2H3. The van der Waals surface area contributed by atoms with Gasteiger partial charge in [0.15, 0.2) is 0 Å². The van der Waals surface area contributed by atoms with E-state index in [9.17, 15) is 0 Å². The molecule has 0 radical (unpaired) electrons. The van der Waals surface area contributed by atoms with E-state index in [1.807, 2.05) is 12.3 Å². The van der Waals surface area contributed by atoms with E-state index in [1.54, 1.807) is 7.11 Å². The number of hydrogen-bond acceptors (Lipinski definition) is 5. The Kier molecular flexibility index (Phi) is 9.33. The first-order chi connectivity index (χ1) is 13.0. The van der Waals surface area contributed by atoms with E-state index in [0.29, 0.717) is 6.04 Å². The van der Waals surface area contributed by atoms with Crippen molar-refractivity contribution in [2.24, 2.45) is 0 Å². The maximum atomic E-state index is 5.41. The molecule has 0 amide bonds. The first-order valence-corrected chi connectivity index (χ1v) is 11.2. The van der Waals surface area contributed by atoms with Crippen molar-refractivity contribution in [3.63, 3.8) is 0 Å². The molecule has 0 aliphatic carbocycles. The van der Waals surface area contributed by atoms with Crippen LogP contribution < -0.4 is 9.64 Å². The van der Waals surface area contributed by atoms with Crippen LogP contribution in [0.2, 0.25) is 0 Å². The monoisotopic (exact) mass is 440 g/mol. The molecule has 6 heteroatoms. The lowest BCUT2D eigenvalue weighted by molar-refractivity contribution is 0.104. The van der Waals surface area contributed by atoms with E-state index in [4.69, 9.17) is 4.74 Å². The summed E-state index contributed by atoms with van der Waals surface area (Å²) >= 11 is 3.48. The maximum Gasteiger partial charge on any atom is 0.138 e. The second-order valence-corrected chi connectivity index (χ2v) is 8.60. The van der Waals surface area contributed by atoms with Crippen LogP contribution in [-0.2, 0) is 0 Å². The molecule has 0 N–H and O–H groups in total. The lowest BCUT2D eigenvalue weighted by atomic mass is 10.0. The summed E-state index contributed by atoms with van der Waals surface area (Å²) in [6.07, 6.45) is 7.07. The van der Waals surface area contributed by atoms with Crippen molar-refractivity contribution in [1.82, 2.24) is 14.8 Å². The third-order valence-corrected chi connectivity index (χ3v) is 6.28. The SMILES string of the molecule is CCCC.COc1cc(N2CCN(C3CCN(C)CC3)CC2C)ncc1Br. The highest BCUT2D eigenvalue weighted by Crippen LogP contribution is 2.30. The van der Waals surface area contributed by atoms with Gasteiger partial charge in [-0.15, -0.1) is 0 Å². The predicted octanol–water partition coefficient (Wildman–Crippen LogP) is 4.26. The summed E-state index contributed by atoms with van der Waals surface area (Å²) in [6, 6.07) is 3.26. The lowest BCUT2D eigenvalue weighted by Gasteiger charge is -2.45. The number of anilines is 1. The molecule has 1 unspecified atom stereocenters. The number of nitrogens with zero attached hydrogens (tertiary/aromatic N) is 4. The number of ether oxygens (including phenoxy) is 1. The lowest BCUT2D eigenvalue weighted by Crippen LogP contribution is -2.56. The Labute approximate surface area is 174 Å². The molecule has 1 aromatic heterocycles. The summed E-state index contributed by atoms with van der Waals surface area (Å²) in [5.41, 5.74) is 0. The summed E-state index contributed by atoms with van der Waals surface area (Å²) in [6.45, 7) is 12.4. The molecule has 5 nitrogen and oxygen atoms in total. The second kappa shape index (κ2) is 11.2. The van der Waals surface area contributed by atoms with Crippen molar-refractivity contribution in [2.75, 3.05) is 51.8 Å². The van der Waals surface area contributed by atoms with Gasteiger partial charge in [0.05, 0.1) is 11.6 Å². The van der Waals surface area contributed by atoms with Gasteiger partial charge in [-0.25, -0.2) is 4.98 Å². The highest BCUT2D eigenvalue weighted by molar-refractivity contribution is 9.10. The molecule has 2 aliphatic rings. The van der Waals surface area contributed by atoms with Gasteiger partial charge in [-0.05, 0) is 55.8 Å². The van der Waals surface area contributed by atoms with Gasteiger partial charge < -0.3 is 14.5 Å². The Hall–Kier alpha value is -0.850. The van der Waals surface area contributed by atoms with E-state index >= 15 is 0 Å².